The number of imidazole rings is 1. The molecule has 0 saturated heterocycles. The van der Waals surface area contributed by atoms with Crippen LogP contribution in [0.1, 0.15) is 17.0 Å². The Bertz CT molecular complexity index is 1040. The molecule has 2 heterocycles. The van der Waals surface area contributed by atoms with Gasteiger partial charge in [-0.2, -0.15) is 0 Å². The van der Waals surface area contributed by atoms with Crippen LogP contribution in [-0.2, 0) is 6.42 Å². The van der Waals surface area contributed by atoms with E-state index in [2.05, 4.69) is 4.98 Å². The summed E-state index contributed by atoms with van der Waals surface area (Å²) in [5.74, 6) is 0.585. The quantitative estimate of drug-likeness (QED) is 0.453. The van der Waals surface area contributed by atoms with Gasteiger partial charge in [0.15, 0.2) is 0 Å². The van der Waals surface area contributed by atoms with Gasteiger partial charge in [0, 0.05) is 34.9 Å². The van der Waals surface area contributed by atoms with Crippen LogP contribution < -0.4 is 0 Å². The molecule has 0 bridgehead atoms. The van der Waals surface area contributed by atoms with E-state index in [9.17, 15) is 4.39 Å². The van der Waals surface area contributed by atoms with Gasteiger partial charge in [0.2, 0.25) is 0 Å². The molecule has 0 aliphatic carbocycles. The van der Waals surface area contributed by atoms with Crippen LogP contribution in [0, 0.1) is 12.7 Å². The SMILES string of the molecule is Cc1ccc(F)cc1Cc1nc(-c2nccs2)cn1-c1ccc(Cl)cc1. The molecular weight excluding hydrogens is 369 g/mol. The number of hydrogen-bond donors (Lipinski definition) is 0. The summed E-state index contributed by atoms with van der Waals surface area (Å²) in [5.41, 5.74) is 3.71. The number of hydrogen-bond acceptors (Lipinski definition) is 3. The minimum Gasteiger partial charge on any atom is -0.303 e. The van der Waals surface area contributed by atoms with E-state index in [4.69, 9.17) is 16.6 Å². The summed E-state index contributed by atoms with van der Waals surface area (Å²) < 4.78 is 15.7. The lowest BCUT2D eigenvalue weighted by Gasteiger charge is -2.10. The summed E-state index contributed by atoms with van der Waals surface area (Å²) in [5, 5.41) is 3.46. The van der Waals surface area contributed by atoms with E-state index >= 15 is 0 Å². The number of halogens is 2. The molecular formula is C20H15ClFN3S. The van der Waals surface area contributed by atoms with Crippen molar-refractivity contribution < 1.29 is 4.39 Å². The topological polar surface area (TPSA) is 30.7 Å². The van der Waals surface area contributed by atoms with Crippen LogP contribution in [0.4, 0.5) is 4.39 Å². The van der Waals surface area contributed by atoms with E-state index in [1.807, 2.05) is 47.3 Å². The van der Waals surface area contributed by atoms with Crippen molar-refractivity contribution in [2.45, 2.75) is 13.3 Å². The Hall–Kier alpha value is -2.50. The predicted octanol–water partition coefficient (Wildman–Crippen LogP) is 5.69. The maximum atomic E-state index is 13.7. The third kappa shape index (κ3) is 3.41. The number of benzene rings is 2. The molecule has 2 aromatic heterocycles. The fraction of sp³-hybridized carbons (Fsp3) is 0.100. The average molecular weight is 384 g/mol. The summed E-state index contributed by atoms with van der Waals surface area (Å²) >= 11 is 7.56. The molecule has 2 aromatic carbocycles. The highest BCUT2D eigenvalue weighted by Crippen LogP contribution is 2.26. The summed E-state index contributed by atoms with van der Waals surface area (Å²) in [7, 11) is 0. The molecule has 0 amide bonds. The molecule has 6 heteroatoms. The second-order valence-electron chi connectivity index (χ2n) is 5.97. The Kier molecular flexibility index (Phi) is 4.57. The van der Waals surface area contributed by atoms with Crippen molar-refractivity contribution in [1.29, 1.82) is 0 Å². The zero-order chi connectivity index (χ0) is 18.1. The van der Waals surface area contributed by atoms with Crippen LogP contribution in [0.5, 0.6) is 0 Å². The van der Waals surface area contributed by atoms with Crippen molar-refractivity contribution in [2.24, 2.45) is 0 Å². The second-order valence-corrected chi connectivity index (χ2v) is 7.30. The smallest absolute Gasteiger partial charge is 0.143 e. The van der Waals surface area contributed by atoms with E-state index in [0.717, 1.165) is 33.3 Å². The third-order valence-corrected chi connectivity index (χ3v) is 5.24. The molecule has 0 aliphatic heterocycles. The van der Waals surface area contributed by atoms with Gasteiger partial charge in [0.1, 0.15) is 22.3 Å². The summed E-state index contributed by atoms with van der Waals surface area (Å²) in [6.07, 6.45) is 4.25. The highest BCUT2D eigenvalue weighted by atomic mass is 35.5. The molecule has 0 aliphatic rings. The summed E-state index contributed by atoms with van der Waals surface area (Å²) in [6.45, 7) is 1.98. The lowest BCUT2D eigenvalue weighted by Crippen LogP contribution is -2.03. The van der Waals surface area contributed by atoms with Crippen molar-refractivity contribution in [2.75, 3.05) is 0 Å². The minimum atomic E-state index is -0.240. The minimum absolute atomic E-state index is 0.240. The van der Waals surface area contributed by atoms with Gasteiger partial charge in [-0.25, -0.2) is 14.4 Å². The third-order valence-electron chi connectivity index (χ3n) is 4.19. The molecule has 0 spiro atoms. The van der Waals surface area contributed by atoms with Crippen molar-refractivity contribution in [1.82, 2.24) is 14.5 Å². The Labute approximate surface area is 159 Å². The van der Waals surface area contributed by atoms with Crippen LogP contribution in [0.15, 0.2) is 60.2 Å². The van der Waals surface area contributed by atoms with Gasteiger partial charge >= 0.3 is 0 Å². The van der Waals surface area contributed by atoms with Crippen LogP contribution in [0.25, 0.3) is 16.4 Å². The summed E-state index contributed by atoms with van der Waals surface area (Å²) in [6, 6.07) is 12.4. The molecule has 26 heavy (non-hydrogen) atoms. The first-order chi connectivity index (χ1) is 12.6. The molecule has 0 radical (unpaired) electrons. The Morgan fingerprint density at radius 3 is 2.69 bits per heavy atom. The molecule has 4 rings (SSSR count). The largest absolute Gasteiger partial charge is 0.303 e. The lowest BCUT2D eigenvalue weighted by molar-refractivity contribution is 0.625. The van der Waals surface area contributed by atoms with Gasteiger partial charge in [-0.1, -0.05) is 17.7 Å². The Morgan fingerprint density at radius 2 is 1.96 bits per heavy atom. The first kappa shape index (κ1) is 16.9. The fourth-order valence-electron chi connectivity index (χ4n) is 2.82. The fourth-order valence-corrected chi connectivity index (χ4v) is 3.54. The van der Waals surface area contributed by atoms with Crippen molar-refractivity contribution in [3.8, 4) is 16.4 Å². The Balaban J connectivity index is 1.81. The highest BCUT2D eigenvalue weighted by molar-refractivity contribution is 7.13. The van der Waals surface area contributed by atoms with Gasteiger partial charge in [-0.15, -0.1) is 11.3 Å². The molecule has 0 unspecified atom stereocenters. The van der Waals surface area contributed by atoms with Crippen LogP contribution in [0.2, 0.25) is 5.02 Å². The number of aromatic nitrogens is 3. The average Bonchev–Trinajstić information content (AvgIpc) is 3.29. The lowest BCUT2D eigenvalue weighted by atomic mass is 10.1. The molecule has 4 aromatic rings. The second kappa shape index (κ2) is 7.02. The van der Waals surface area contributed by atoms with Crippen molar-refractivity contribution >= 4 is 22.9 Å². The summed E-state index contributed by atoms with van der Waals surface area (Å²) in [4.78, 5) is 9.12. The van der Waals surface area contributed by atoms with Gasteiger partial charge in [0.25, 0.3) is 0 Å². The van der Waals surface area contributed by atoms with Gasteiger partial charge in [0.05, 0.1) is 0 Å². The normalized spacial score (nSPS) is 11.0. The molecule has 130 valence electrons. The number of thiazole rings is 1. The van der Waals surface area contributed by atoms with Gasteiger partial charge < -0.3 is 4.57 Å². The molecule has 0 saturated carbocycles. The number of aryl methyl sites for hydroxylation is 1. The maximum Gasteiger partial charge on any atom is 0.143 e. The van der Waals surface area contributed by atoms with Gasteiger partial charge in [-0.3, -0.25) is 0 Å². The molecule has 0 N–H and O–H groups in total. The zero-order valence-corrected chi connectivity index (χ0v) is 15.6. The molecule has 0 atom stereocenters. The van der Waals surface area contributed by atoms with E-state index in [0.29, 0.717) is 11.4 Å². The predicted molar refractivity (Wildman–Crippen MR) is 104 cm³/mol. The van der Waals surface area contributed by atoms with Crippen molar-refractivity contribution in [3.63, 3.8) is 0 Å². The molecule has 3 nitrogen and oxygen atoms in total. The zero-order valence-electron chi connectivity index (χ0n) is 14.0. The van der Waals surface area contributed by atoms with E-state index in [1.165, 1.54) is 17.4 Å². The van der Waals surface area contributed by atoms with Crippen LogP contribution >= 0.6 is 22.9 Å². The van der Waals surface area contributed by atoms with Crippen molar-refractivity contribution in [3.05, 3.63) is 88.0 Å². The molecule has 0 fully saturated rings. The Morgan fingerprint density at radius 1 is 1.15 bits per heavy atom. The standard InChI is InChI=1S/C20H15ClFN3S/c1-13-2-5-16(22)10-14(13)11-19-24-18(20-23-8-9-26-20)12-25(19)17-6-3-15(21)4-7-17/h2-10,12H,11H2,1H3. The first-order valence-electron chi connectivity index (χ1n) is 8.09. The first-order valence-corrected chi connectivity index (χ1v) is 9.35. The number of rotatable bonds is 4. The van der Waals surface area contributed by atoms with E-state index < -0.39 is 0 Å². The number of nitrogens with zero attached hydrogens (tertiary/aromatic N) is 3. The monoisotopic (exact) mass is 383 g/mol. The van der Waals surface area contributed by atoms with E-state index in [-0.39, 0.29) is 5.82 Å². The van der Waals surface area contributed by atoms with Gasteiger partial charge in [-0.05, 0) is 54.4 Å². The van der Waals surface area contributed by atoms with Crippen LogP contribution in [0.3, 0.4) is 0 Å². The highest BCUT2D eigenvalue weighted by Gasteiger charge is 2.14. The maximum absolute atomic E-state index is 13.7. The van der Waals surface area contributed by atoms with Crippen LogP contribution in [-0.4, -0.2) is 14.5 Å². The van der Waals surface area contributed by atoms with E-state index in [1.54, 1.807) is 18.3 Å².